The number of aliphatic hydroxyl groups is 3. The van der Waals surface area contributed by atoms with E-state index in [4.69, 9.17) is 0 Å². The Morgan fingerprint density at radius 1 is 0.875 bits per heavy atom. The third kappa shape index (κ3) is 11.6. The van der Waals surface area contributed by atoms with Crippen molar-refractivity contribution in [2.75, 3.05) is 32.0 Å². The Morgan fingerprint density at radius 3 is 2.20 bits per heavy atom. The van der Waals surface area contributed by atoms with Gasteiger partial charge in [0.1, 0.15) is 41.7 Å². The molecule has 0 saturated carbocycles. The van der Waals surface area contributed by atoms with Crippen molar-refractivity contribution in [1.82, 2.24) is 47.1 Å². The van der Waals surface area contributed by atoms with Crippen LogP contribution in [0.2, 0.25) is 0 Å². The van der Waals surface area contributed by atoms with E-state index in [0.717, 1.165) is 4.90 Å². The van der Waals surface area contributed by atoms with Crippen molar-refractivity contribution in [3.63, 3.8) is 0 Å². The molecule has 8 amide bonds. The van der Waals surface area contributed by atoms with Crippen molar-refractivity contribution in [2.45, 2.75) is 99.9 Å². The number of aromatic amines is 1. The zero-order valence-corrected chi connectivity index (χ0v) is 35.9. The van der Waals surface area contributed by atoms with Crippen LogP contribution in [0.25, 0.3) is 10.9 Å². The summed E-state index contributed by atoms with van der Waals surface area (Å²) in [6, 6.07) is -6.28. The molecule has 13 N–H and O–H groups in total. The van der Waals surface area contributed by atoms with E-state index < -0.39 is 176 Å². The second-order valence-corrected chi connectivity index (χ2v) is 17.5. The van der Waals surface area contributed by atoms with Crippen molar-refractivity contribution in [3.8, 4) is 5.75 Å². The number of fused-ring (bicyclic) bond motifs is 5. The van der Waals surface area contributed by atoms with Crippen LogP contribution in [0.15, 0.2) is 23.2 Å². The second-order valence-electron chi connectivity index (χ2n) is 16.1. The minimum atomic E-state index is -2.41. The van der Waals surface area contributed by atoms with E-state index in [0.29, 0.717) is 6.42 Å². The van der Waals surface area contributed by atoms with E-state index in [2.05, 4.69) is 42.2 Å². The Bertz CT molecular complexity index is 2150. The number of carboxylic acids is 1. The Balaban J connectivity index is 1.73. The van der Waals surface area contributed by atoms with Crippen LogP contribution in [-0.4, -0.2) is 174 Å². The number of aliphatic hydroxyl groups excluding tert-OH is 3. The number of phenols is 1. The van der Waals surface area contributed by atoms with Crippen molar-refractivity contribution < 1.29 is 73.2 Å². The number of rotatable bonds is 7. The van der Waals surface area contributed by atoms with Gasteiger partial charge in [0.05, 0.1) is 43.8 Å². The molecule has 2 bridgehead atoms. The topological polar surface area (TPSA) is 381 Å². The minimum Gasteiger partial charge on any atom is -0.610 e. The van der Waals surface area contributed by atoms with E-state index in [9.17, 15) is 73.2 Å². The number of carboxylic acid groups (broad SMARTS) is 1. The first-order valence-electron chi connectivity index (χ1n) is 20.5. The quantitative estimate of drug-likeness (QED) is 0.115. The van der Waals surface area contributed by atoms with Crippen LogP contribution in [0.5, 0.6) is 5.75 Å². The van der Waals surface area contributed by atoms with Gasteiger partial charge in [0.25, 0.3) is 0 Å². The molecule has 0 spiro atoms. The fraction of sp³-hybridized carbons (Fsp3) is 0.564. The van der Waals surface area contributed by atoms with Crippen LogP contribution >= 0.6 is 0 Å². The van der Waals surface area contributed by atoms with Crippen LogP contribution in [0.1, 0.15) is 45.6 Å². The highest BCUT2D eigenvalue weighted by Gasteiger charge is 2.45. The molecule has 3 unspecified atom stereocenters. The molecule has 1 aromatic heterocycles. The van der Waals surface area contributed by atoms with E-state index in [1.165, 1.54) is 25.1 Å². The van der Waals surface area contributed by atoms with Gasteiger partial charge < -0.3 is 77.2 Å². The normalized spacial score (nSPS) is 28.5. The number of H-pyrrole nitrogens is 1. The first-order chi connectivity index (χ1) is 30.2. The maximum absolute atomic E-state index is 14.5. The number of nitrogens with one attached hydrogen (secondary N) is 8. The summed E-state index contributed by atoms with van der Waals surface area (Å²) in [4.78, 5) is 127. The fourth-order valence-corrected chi connectivity index (χ4v) is 9.07. The zero-order chi connectivity index (χ0) is 47.2. The Hall–Kier alpha value is -6.02. The van der Waals surface area contributed by atoms with Gasteiger partial charge in [0.15, 0.2) is 6.04 Å². The highest BCUT2D eigenvalue weighted by atomic mass is 32.2. The molecule has 0 aliphatic carbocycles. The lowest BCUT2D eigenvalue weighted by atomic mass is 9.93. The average molecular weight is 920 g/mol. The maximum Gasteiger partial charge on any atom is 0.305 e. The number of benzene rings is 1. The number of hydrogen-bond donors (Lipinski definition) is 13. The summed E-state index contributed by atoms with van der Waals surface area (Å²) in [5.41, 5.74) is 0.220. The van der Waals surface area contributed by atoms with Crippen molar-refractivity contribution >= 4 is 75.3 Å². The smallest absolute Gasteiger partial charge is 0.305 e. The molecular weight excluding hydrogens is 867 g/mol. The average Bonchev–Trinajstić information content (AvgIpc) is 3.82. The molecule has 11 atom stereocenters. The molecule has 25 heteroatoms. The monoisotopic (exact) mass is 919 g/mol. The molecule has 1 aromatic carbocycles. The first-order valence-corrected chi connectivity index (χ1v) is 21.8. The van der Waals surface area contributed by atoms with Crippen LogP contribution in [0.3, 0.4) is 0 Å². The molecule has 2 aromatic rings. The molecule has 3 aliphatic rings. The van der Waals surface area contributed by atoms with Gasteiger partial charge >= 0.3 is 5.97 Å². The van der Waals surface area contributed by atoms with Gasteiger partial charge in [-0.25, -0.2) is 0 Å². The highest BCUT2D eigenvalue weighted by molar-refractivity contribution is 7.91. The molecule has 64 heavy (non-hydrogen) atoms. The van der Waals surface area contributed by atoms with E-state index >= 15 is 0 Å². The molecule has 0 radical (unpaired) electrons. The minimum absolute atomic E-state index is 0.0635. The lowest BCUT2D eigenvalue weighted by Crippen LogP contribution is -2.62. The number of carbonyl (C=O) groups is 9. The lowest BCUT2D eigenvalue weighted by molar-refractivity contribution is -0.146. The Labute approximate surface area is 368 Å². The van der Waals surface area contributed by atoms with Crippen LogP contribution in [0, 0.1) is 11.8 Å². The highest BCUT2D eigenvalue weighted by Crippen LogP contribution is 2.31. The van der Waals surface area contributed by atoms with E-state index in [1.54, 1.807) is 13.8 Å². The predicted octanol–water partition coefficient (Wildman–Crippen LogP) is -5.32. The standard InChI is InChI=1S/C39H53N9O15S/c1-4-16(2)31-36(60)41-11-28(53)42-25-15-64(63)38-21(20-6-5-18(50)7-22(20)45-38)9-23(33(57)40-12-29(54)46-31)43-37(61)32(17(3)27(52)14-49)47-35(59)26-8-19(51)13-48(26)39(62)24(10-30(55)56)44-34(25)58/h5-7,16-17,19,23-27,31-32,45,49-52H,4,8-15H2,1-3H3,(H,40,57)(H,41,60)(H,42,53)(H,43,61)(H,44,58)(H,46,54)(H,47,59)(H,55,56)/t16-,17-,19?,23?,24-,25?,26-,27-,31-,32-,64+/m0/s1. The summed E-state index contributed by atoms with van der Waals surface area (Å²) in [5.74, 6) is -12.9. The SMILES string of the molecule is CC[C@H](C)[C@@H]1NC(=O)CNC(=O)C2Cc3c([nH]c4cc(O)ccc34)[S@+]([O-])CC(NC(=O)CNC1=O)C(=O)N[C@@H](CC(=O)O)C(=O)N1CC(O)C[C@H]1C(=O)N[C@@H]([C@@H](C)[C@@H](O)CO)C(=O)N2. The summed E-state index contributed by atoms with van der Waals surface area (Å²) in [6.45, 7) is 1.64. The molecular formula is C39H53N9O15S. The van der Waals surface area contributed by atoms with Crippen molar-refractivity contribution in [1.29, 1.82) is 0 Å². The van der Waals surface area contributed by atoms with Crippen LogP contribution in [0.4, 0.5) is 0 Å². The van der Waals surface area contributed by atoms with Crippen LogP contribution in [-0.2, 0) is 60.7 Å². The number of carbonyl (C=O) groups excluding carboxylic acids is 8. The number of aromatic nitrogens is 1. The second kappa shape index (κ2) is 21.1. The Morgan fingerprint density at radius 2 is 1.55 bits per heavy atom. The number of amides is 8. The maximum atomic E-state index is 14.5. The summed E-state index contributed by atoms with van der Waals surface area (Å²) in [5, 5.41) is 68.3. The molecule has 3 aliphatic heterocycles. The van der Waals surface area contributed by atoms with E-state index in [1.807, 2.05) is 0 Å². The van der Waals surface area contributed by atoms with Gasteiger partial charge in [-0.2, -0.15) is 0 Å². The number of nitrogens with zero attached hydrogens (tertiary/aromatic N) is 1. The third-order valence-corrected chi connectivity index (χ3v) is 12.9. The number of phenolic OH excluding ortho intramolecular Hbond substituents is 1. The predicted molar refractivity (Wildman–Crippen MR) is 221 cm³/mol. The third-order valence-electron chi connectivity index (χ3n) is 11.5. The van der Waals surface area contributed by atoms with Gasteiger partial charge in [-0.05, 0) is 18.1 Å². The van der Waals surface area contributed by atoms with Gasteiger partial charge in [-0.1, -0.05) is 27.2 Å². The molecule has 350 valence electrons. The fourth-order valence-electron chi connectivity index (χ4n) is 7.67. The summed E-state index contributed by atoms with van der Waals surface area (Å²) in [7, 11) is 0. The van der Waals surface area contributed by atoms with Crippen LogP contribution < -0.4 is 37.2 Å². The molecule has 1 saturated heterocycles. The molecule has 1 fully saturated rings. The number of hydrogen-bond acceptors (Lipinski definition) is 14. The van der Waals surface area contributed by atoms with Gasteiger partial charge in [-0.15, -0.1) is 0 Å². The molecule has 24 nitrogen and oxygen atoms in total. The summed E-state index contributed by atoms with van der Waals surface area (Å²) < 4.78 is 14.5. The zero-order valence-electron chi connectivity index (χ0n) is 35.0. The molecule has 5 rings (SSSR count). The van der Waals surface area contributed by atoms with Gasteiger partial charge in [0.2, 0.25) is 52.3 Å². The lowest BCUT2D eigenvalue weighted by Gasteiger charge is -2.32. The summed E-state index contributed by atoms with van der Waals surface area (Å²) in [6.07, 6.45) is -4.74. The number of aromatic hydroxyl groups is 1. The van der Waals surface area contributed by atoms with Gasteiger partial charge in [-0.3, -0.25) is 43.2 Å². The summed E-state index contributed by atoms with van der Waals surface area (Å²) >= 11 is -2.41. The first kappa shape index (κ1) is 49.0. The largest absolute Gasteiger partial charge is 0.610 e. The van der Waals surface area contributed by atoms with Crippen molar-refractivity contribution in [2.24, 2.45) is 11.8 Å². The number of aliphatic carboxylic acids is 1. The Kier molecular flexibility index (Phi) is 16.2. The van der Waals surface area contributed by atoms with Crippen molar-refractivity contribution in [3.05, 3.63) is 23.8 Å². The molecule has 4 heterocycles. The van der Waals surface area contributed by atoms with Gasteiger partial charge in [0, 0.05) is 53.5 Å². The van der Waals surface area contributed by atoms with E-state index in [-0.39, 0.29) is 27.2 Å².